The number of amides is 1. The maximum Gasteiger partial charge on any atom is 0.248 e. The van der Waals surface area contributed by atoms with Crippen molar-refractivity contribution in [1.82, 2.24) is 0 Å². The number of allylic oxidation sites excluding steroid dienone is 1. The molecule has 0 radical (unpaired) electrons. The number of nitrogens with zero attached hydrogens (tertiary/aromatic N) is 1. The third kappa shape index (κ3) is 4.56. The van der Waals surface area contributed by atoms with Crippen molar-refractivity contribution in [2.75, 3.05) is 11.9 Å². The predicted octanol–water partition coefficient (Wildman–Crippen LogP) is 1.88. The lowest BCUT2D eigenvalue weighted by molar-refractivity contribution is -0.115. The van der Waals surface area contributed by atoms with E-state index in [1.54, 1.807) is 11.9 Å². The quantitative estimate of drug-likeness (QED) is 0.566. The number of likely N-dealkylation sites (N-methyl/N-ethyl adjacent to an activating group) is 1. The van der Waals surface area contributed by atoms with E-state index in [1.807, 2.05) is 31.2 Å². The molecule has 0 heterocycles. The highest BCUT2D eigenvalue weighted by molar-refractivity contribution is 6.02. The Morgan fingerprint density at radius 1 is 1.36 bits per heavy atom. The maximum atomic E-state index is 12.3. The maximum absolute atomic E-state index is 12.3. The molecule has 0 spiro atoms. The van der Waals surface area contributed by atoms with E-state index in [4.69, 9.17) is 11.5 Å². The average Bonchev–Trinajstić information content (AvgIpc) is 2.51. The van der Waals surface area contributed by atoms with Crippen LogP contribution in [0.4, 0.5) is 5.69 Å². The molecule has 4 N–H and O–H groups in total. The van der Waals surface area contributed by atoms with E-state index in [9.17, 15) is 9.59 Å². The molecule has 1 rings (SSSR count). The van der Waals surface area contributed by atoms with Crippen LogP contribution >= 0.6 is 0 Å². The van der Waals surface area contributed by atoms with Crippen molar-refractivity contribution < 1.29 is 9.59 Å². The Balaban J connectivity index is 3.21. The van der Waals surface area contributed by atoms with Crippen LogP contribution in [0.25, 0.3) is 0 Å². The van der Waals surface area contributed by atoms with Crippen LogP contribution in [0.5, 0.6) is 0 Å². The fourth-order valence-corrected chi connectivity index (χ4v) is 1.99. The average molecular weight is 301 g/mol. The van der Waals surface area contributed by atoms with Crippen molar-refractivity contribution in [2.45, 2.75) is 26.3 Å². The Bertz CT molecular complexity index is 606. The highest BCUT2D eigenvalue weighted by atomic mass is 16.1. The Hall–Kier alpha value is -2.40. The van der Waals surface area contributed by atoms with Gasteiger partial charge in [0.1, 0.15) is 0 Å². The molecule has 0 aromatic heterocycles. The van der Waals surface area contributed by atoms with Gasteiger partial charge in [-0.25, -0.2) is 0 Å². The van der Waals surface area contributed by atoms with Gasteiger partial charge in [0, 0.05) is 31.3 Å². The van der Waals surface area contributed by atoms with Crippen LogP contribution in [-0.2, 0) is 16.1 Å². The zero-order chi connectivity index (χ0) is 16.7. The van der Waals surface area contributed by atoms with Crippen LogP contribution in [-0.4, -0.2) is 18.7 Å². The molecule has 5 heteroatoms. The smallest absolute Gasteiger partial charge is 0.248 e. The summed E-state index contributed by atoms with van der Waals surface area (Å²) in [6.45, 7) is 5.93. The summed E-state index contributed by atoms with van der Waals surface area (Å²) in [5.74, 6) is -0.712. The van der Waals surface area contributed by atoms with Crippen LogP contribution in [0.2, 0.25) is 0 Å². The van der Waals surface area contributed by atoms with E-state index in [0.717, 1.165) is 17.7 Å². The Kier molecular flexibility index (Phi) is 6.53. The topological polar surface area (TPSA) is 89.4 Å². The molecule has 0 atom stereocenters. The Morgan fingerprint density at radius 2 is 2.05 bits per heavy atom. The van der Waals surface area contributed by atoms with Gasteiger partial charge in [-0.15, -0.1) is 0 Å². The first-order chi connectivity index (χ1) is 10.4. The standard InChI is InChI=1S/C17H23N3O2/c1-4-6-16(21)15(9-12(2)17(19)22)20(3)14-8-5-7-13(10-14)11-18/h5,7-10H,2,4,6,11,18H2,1,3H3,(H2,19,22)/b15-9-. The summed E-state index contributed by atoms with van der Waals surface area (Å²) in [5.41, 5.74) is 13.1. The highest BCUT2D eigenvalue weighted by Crippen LogP contribution is 2.21. The fraction of sp³-hybridized carbons (Fsp3) is 0.294. The highest BCUT2D eigenvalue weighted by Gasteiger charge is 2.16. The summed E-state index contributed by atoms with van der Waals surface area (Å²) in [6, 6.07) is 7.56. The van der Waals surface area contributed by atoms with Gasteiger partial charge >= 0.3 is 0 Å². The predicted molar refractivity (Wildman–Crippen MR) is 89.1 cm³/mol. The number of carbonyl (C=O) groups excluding carboxylic acids is 2. The lowest BCUT2D eigenvalue weighted by Gasteiger charge is -2.22. The van der Waals surface area contributed by atoms with E-state index in [0.29, 0.717) is 18.7 Å². The molecule has 5 nitrogen and oxygen atoms in total. The number of primary amides is 1. The number of Topliss-reactive ketones (excluding diaryl/α,β-unsaturated/α-hetero) is 1. The van der Waals surface area contributed by atoms with Gasteiger partial charge in [-0.1, -0.05) is 25.6 Å². The summed E-state index contributed by atoms with van der Waals surface area (Å²) >= 11 is 0. The van der Waals surface area contributed by atoms with Crippen molar-refractivity contribution in [1.29, 1.82) is 0 Å². The van der Waals surface area contributed by atoms with Crippen molar-refractivity contribution in [3.05, 3.63) is 53.8 Å². The van der Waals surface area contributed by atoms with E-state index in [1.165, 1.54) is 6.08 Å². The number of carbonyl (C=O) groups is 2. The van der Waals surface area contributed by atoms with Gasteiger partial charge in [0.15, 0.2) is 5.78 Å². The van der Waals surface area contributed by atoms with Crippen LogP contribution in [0, 0.1) is 0 Å². The number of nitrogens with two attached hydrogens (primary N) is 2. The number of rotatable bonds is 8. The van der Waals surface area contributed by atoms with E-state index >= 15 is 0 Å². The number of hydrogen-bond donors (Lipinski definition) is 2. The zero-order valence-corrected chi connectivity index (χ0v) is 13.1. The molecular weight excluding hydrogens is 278 g/mol. The molecule has 1 aromatic carbocycles. The van der Waals surface area contributed by atoms with E-state index in [-0.39, 0.29) is 11.4 Å². The number of anilines is 1. The van der Waals surface area contributed by atoms with Gasteiger partial charge in [-0.2, -0.15) is 0 Å². The van der Waals surface area contributed by atoms with Crippen molar-refractivity contribution in [2.24, 2.45) is 11.5 Å². The van der Waals surface area contributed by atoms with Gasteiger partial charge in [0.2, 0.25) is 5.91 Å². The summed E-state index contributed by atoms with van der Waals surface area (Å²) < 4.78 is 0. The fourth-order valence-electron chi connectivity index (χ4n) is 1.99. The Labute approximate surface area is 131 Å². The second-order valence-electron chi connectivity index (χ2n) is 5.03. The summed E-state index contributed by atoms with van der Waals surface area (Å²) in [4.78, 5) is 25.3. The monoisotopic (exact) mass is 301 g/mol. The molecule has 0 aliphatic heterocycles. The van der Waals surface area contributed by atoms with Crippen molar-refractivity contribution in [3.63, 3.8) is 0 Å². The van der Waals surface area contributed by atoms with Crippen molar-refractivity contribution in [3.8, 4) is 0 Å². The van der Waals surface area contributed by atoms with Gasteiger partial charge in [0.05, 0.1) is 5.70 Å². The normalized spacial score (nSPS) is 11.1. The van der Waals surface area contributed by atoms with E-state index in [2.05, 4.69) is 6.58 Å². The second kappa shape index (κ2) is 8.14. The molecule has 0 fully saturated rings. The molecule has 1 amide bonds. The third-order valence-corrected chi connectivity index (χ3v) is 3.29. The number of benzene rings is 1. The molecule has 0 bridgehead atoms. The molecule has 0 aliphatic carbocycles. The number of ketones is 1. The minimum Gasteiger partial charge on any atom is -0.366 e. The van der Waals surface area contributed by atoms with E-state index < -0.39 is 5.91 Å². The molecule has 118 valence electrons. The third-order valence-electron chi connectivity index (χ3n) is 3.29. The van der Waals surface area contributed by atoms with Crippen LogP contribution < -0.4 is 16.4 Å². The van der Waals surface area contributed by atoms with Crippen molar-refractivity contribution >= 4 is 17.4 Å². The molecular formula is C17H23N3O2. The molecule has 0 aliphatic rings. The van der Waals surface area contributed by atoms with Gasteiger partial charge < -0.3 is 16.4 Å². The molecule has 0 unspecified atom stereocenters. The SMILES string of the molecule is C=C(/C=C(/C(=O)CCC)N(C)c1cccc(CN)c1)C(N)=O. The minimum atomic E-state index is -0.647. The van der Waals surface area contributed by atoms with Gasteiger partial charge in [-0.3, -0.25) is 9.59 Å². The molecule has 1 aromatic rings. The minimum absolute atomic E-state index is 0.0643. The zero-order valence-electron chi connectivity index (χ0n) is 13.1. The first-order valence-corrected chi connectivity index (χ1v) is 7.17. The largest absolute Gasteiger partial charge is 0.366 e. The summed E-state index contributed by atoms with van der Waals surface area (Å²) in [5, 5.41) is 0. The molecule has 0 saturated carbocycles. The first kappa shape index (κ1) is 17.7. The Morgan fingerprint density at radius 3 is 2.59 bits per heavy atom. The lowest BCUT2D eigenvalue weighted by Crippen LogP contribution is -2.24. The molecule has 22 heavy (non-hydrogen) atoms. The van der Waals surface area contributed by atoms with Crippen LogP contribution in [0.3, 0.4) is 0 Å². The van der Waals surface area contributed by atoms with Crippen LogP contribution in [0.15, 0.2) is 48.2 Å². The lowest BCUT2D eigenvalue weighted by atomic mass is 10.1. The van der Waals surface area contributed by atoms with Gasteiger partial charge in [0.25, 0.3) is 0 Å². The molecule has 0 saturated heterocycles. The first-order valence-electron chi connectivity index (χ1n) is 7.17. The van der Waals surface area contributed by atoms with Gasteiger partial charge in [-0.05, 0) is 30.2 Å². The summed E-state index contributed by atoms with van der Waals surface area (Å²) in [6.07, 6.45) is 2.55. The van der Waals surface area contributed by atoms with Crippen LogP contribution in [0.1, 0.15) is 25.3 Å². The second-order valence-corrected chi connectivity index (χ2v) is 5.03. The summed E-state index contributed by atoms with van der Waals surface area (Å²) in [7, 11) is 1.77. The number of hydrogen-bond acceptors (Lipinski definition) is 4.